The molecule has 1 aliphatic carbocycles. The summed E-state index contributed by atoms with van der Waals surface area (Å²) in [6.07, 6.45) is 7.37. The Balaban J connectivity index is 1.45. The van der Waals surface area contributed by atoms with E-state index in [0.29, 0.717) is 43.0 Å². The molecule has 0 spiro atoms. The van der Waals surface area contributed by atoms with E-state index in [2.05, 4.69) is 10.3 Å². The number of anilines is 1. The molecule has 7 heteroatoms. The highest BCUT2D eigenvalue weighted by molar-refractivity contribution is 6.09. The SMILES string of the molecule is Cc1cccc(C(=O)N2CCN(C(=O)C3CCCC3)CC2)c1NC(=O)c1ccncc1. The van der Waals surface area contributed by atoms with Crippen LogP contribution in [0.4, 0.5) is 5.69 Å². The van der Waals surface area contributed by atoms with Crippen LogP contribution in [0.25, 0.3) is 0 Å². The number of nitrogens with one attached hydrogen (secondary N) is 1. The van der Waals surface area contributed by atoms with Gasteiger partial charge in [0.1, 0.15) is 0 Å². The third-order valence-corrected chi connectivity index (χ3v) is 6.27. The summed E-state index contributed by atoms with van der Waals surface area (Å²) < 4.78 is 0. The molecule has 2 heterocycles. The minimum atomic E-state index is -0.280. The summed E-state index contributed by atoms with van der Waals surface area (Å²) in [6, 6.07) is 8.71. The molecule has 1 saturated heterocycles. The number of carbonyl (C=O) groups excluding carboxylic acids is 3. The average Bonchev–Trinajstić information content (AvgIpc) is 3.35. The molecule has 1 aromatic heterocycles. The van der Waals surface area contributed by atoms with E-state index < -0.39 is 0 Å². The topological polar surface area (TPSA) is 82.6 Å². The zero-order valence-electron chi connectivity index (χ0n) is 17.8. The summed E-state index contributed by atoms with van der Waals surface area (Å²) in [5.41, 5.74) is 2.30. The van der Waals surface area contributed by atoms with Gasteiger partial charge in [-0.3, -0.25) is 19.4 Å². The van der Waals surface area contributed by atoms with Crippen LogP contribution in [0.15, 0.2) is 42.7 Å². The van der Waals surface area contributed by atoms with E-state index in [4.69, 9.17) is 0 Å². The Morgan fingerprint density at radius 1 is 0.935 bits per heavy atom. The van der Waals surface area contributed by atoms with Gasteiger partial charge in [-0.2, -0.15) is 0 Å². The number of rotatable bonds is 4. The predicted octanol–water partition coefficient (Wildman–Crippen LogP) is 3.12. The zero-order valence-corrected chi connectivity index (χ0v) is 17.8. The van der Waals surface area contributed by atoms with Crippen LogP contribution in [-0.2, 0) is 4.79 Å². The van der Waals surface area contributed by atoms with Crippen LogP contribution >= 0.6 is 0 Å². The Bertz CT molecular complexity index is 962. The highest BCUT2D eigenvalue weighted by atomic mass is 16.2. The summed E-state index contributed by atoms with van der Waals surface area (Å²) in [7, 11) is 0. The van der Waals surface area contributed by atoms with Gasteiger partial charge in [0.15, 0.2) is 0 Å². The number of benzene rings is 1. The molecule has 4 rings (SSSR count). The third kappa shape index (κ3) is 4.60. The lowest BCUT2D eigenvalue weighted by atomic mass is 10.0. The van der Waals surface area contributed by atoms with Gasteiger partial charge < -0.3 is 15.1 Å². The van der Waals surface area contributed by atoms with E-state index in [-0.39, 0.29) is 23.6 Å². The van der Waals surface area contributed by atoms with Gasteiger partial charge in [-0.15, -0.1) is 0 Å². The van der Waals surface area contributed by atoms with Gasteiger partial charge in [-0.05, 0) is 43.5 Å². The Kier molecular flexibility index (Phi) is 6.30. The lowest BCUT2D eigenvalue weighted by Crippen LogP contribution is -2.51. The molecule has 2 fully saturated rings. The Morgan fingerprint density at radius 2 is 1.58 bits per heavy atom. The second-order valence-corrected chi connectivity index (χ2v) is 8.29. The summed E-state index contributed by atoms with van der Waals surface area (Å²) in [5.74, 6) is -0.00101. The van der Waals surface area contributed by atoms with Gasteiger partial charge in [0.05, 0.1) is 11.3 Å². The molecule has 1 aromatic carbocycles. The Morgan fingerprint density at radius 3 is 2.26 bits per heavy atom. The van der Waals surface area contributed by atoms with E-state index in [1.54, 1.807) is 35.5 Å². The number of pyridine rings is 1. The van der Waals surface area contributed by atoms with Gasteiger partial charge in [0.25, 0.3) is 11.8 Å². The standard InChI is InChI=1S/C24H28N4O3/c1-17-5-4-8-20(21(17)26-22(29)18-9-11-25-12-10-18)24(31)28-15-13-27(14-16-28)23(30)19-6-2-3-7-19/h4-5,8-12,19H,2-3,6-7,13-16H2,1H3,(H,26,29). The summed E-state index contributed by atoms with van der Waals surface area (Å²) >= 11 is 0. The smallest absolute Gasteiger partial charge is 0.256 e. The fraction of sp³-hybridized carbons (Fsp3) is 0.417. The third-order valence-electron chi connectivity index (χ3n) is 6.27. The van der Waals surface area contributed by atoms with Crippen LogP contribution in [-0.4, -0.2) is 58.7 Å². The molecule has 0 unspecified atom stereocenters. The van der Waals surface area contributed by atoms with Gasteiger partial charge in [-0.25, -0.2) is 0 Å². The molecule has 0 bridgehead atoms. The minimum Gasteiger partial charge on any atom is -0.339 e. The number of para-hydroxylation sites is 1. The van der Waals surface area contributed by atoms with Crippen molar-refractivity contribution in [2.24, 2.45) is 5.92 Å². The van der Waals surface area contributed by atoms with E-state index in [1.807, 2.05) is 24.0 Å². The van der Waals surface area contributed by atoms with Crippen molar-refractivity contribution in [3.05, 3.63) is 59.4 Å². The molecule has 162 valence electrons. The van der Waals surface area contributed by atoms with E-state index >= 15 is 0 Å². The molecule has 0 atom stereocenters. The number of piperazine rings is 1. The first kappa shape index (κ1) is 21.0. The maximum atomic E-state index is 13.3. The van der Waals surface area contributed by atoms with Crippen LogP contribution in [0.2, 0.25) is 0 Å². The summed E-state index contributed by atoms with van der Waals surface area (Å²) in [4.78, 5) is 46.2. The fourth-order valence-corrected chi connectivity index (χ4v) is 4.43. The van der Waals surface area contributed by atoms with Crippen molar-refractivity contribution in [1.82, 2.24) is 14.8 Å². The first-order valence-electron chi connectivity index (χ1n) is 10.9. The van der Waals surface area contributed by atoms with Gasteiger partial charge in [0.2, 0.25) is 5.91 Å². The van der Waals surface area contributed by atoms with Gasteiger partial charge in [0, 0.05) is 50.1 Å². The molecular formula is C24H28N4O3. The second-order valence-electron chi connectivity index (χ2n) is 8.29. The maximum absolute atomic E-state index is 13.3. The van der Waals surface area contributed by atoms with E-state index in [0.717, 1.165) is 31.2 Å². The van der Waals surface area contributed by atoms with Crippen molar-refractivity contribution >= 4 is 23.4 Å². The fourth-order valence-electron chi connectivity index (χ4n) is 4.43. The first-order chi connectivity index (χ1) is 15.0. The number of aryl methyl sites for hydroxylation is 1. The lowest BCUT2D eigenvalue weighted by Gasteiger charge is -2.36. The van der Waals surface area contributed by atoms with E-state index in [1.165, 1.54) is 0 Å². The molecular weight excluding hydrogens is 392 g/mol. The molecule has 0 radical (unpaired) electrons. The van der Waals surface area contributed by atoms with Gasteiger partial charge >= 0.3 is 0 Å². The molecule has 7 nitrogen and oxygen atoms in total. The second kappa shape index (κ2) is 9.29. The number of hydrogen-bond acceptors (Lipinski definition) is 4. The van der Waals surface area contributed by atoms with Crippen molar-refractivity contribution in [3.8, 4) is 0 Å². The van der Waals surface area contributed by atoms with Crippen molar-refractivity contribution in [2.75, 3.05) is 31.5 Å². The molecule has 1 N–H and O–H groups in total. The number of hydrogen-bond donors (Lipinski definition) is 1. The Hall–Kier alpha value is -3.22. The molecule has 31 heavy (non-hydrogen) atoms. The monoisotopic (exact) mass is 420 g/mol. The predicted molar refractivity (Wildman–Crippen MR) is 118 cm³/mol. The van der Waals surface area contributed by atoms with Crippen LogP contribution in [0.1, 0.15) is 52.0 Å². The Labute approximate surface area is 182 Å². The van der Waals surface area contributed by atoms with Crippen molar-refractivity contribution in [3.63, 3.8) is 0 Å². The first-order valence-corrected chi connectivity index (χ1v) is 10.9. The highest BCUT2D eigenvalue weighted by Gasteiger charge is 2.31. The number of amides is 3. The molecule has 1 aliphatic heterocycles. The highest BCUT2D eigenvalue weighted by Crippen LogP contribution is 2.28. The minimum absolute atomic E-state index is 0.123. The van der Waals surface area contributed by atoms with E-state index in [9.17, 15) is 14.4 Å². The van der Waals surface area contributed by atoms with Crippen LogP contribution < -0.4 is 5.32 Å². The van der Waals surface area contributed by atoms with Crippen LogP contribution in [0.3, 0.4) is 0 Å². The molecule has 2 aromatic rings. The van der Waals surface area contributed by atoms with Gasteiger partial charge in [-0.1, -0.05) is 25.0 Å². The van der Waals surface area contributed by atoms with Crippen LogP contribution in [0, 0.1) is 12.8 Å². The quantitative estimate of drug-likeness (QED) is 0.824. The summed E-state index contributed by atoms with van der Waals surface area (Å²) in [6.45, 7) is 4.00. The summed E-state index contributed by atoms with van der Waals surface area (Å²) in [5, 5.41) is 2.90. The molecule has 1 saturated carbocycles. The normalized spacial score (nSPS) is 16.9. The van der Waals surface area contributed by atoms with Crippen LogP contribution in [0.5, 0.6) is 0 Å². The molecule has 3 amide bonds. The largest absolute Gasteiger partial charge is 0.339 e. The maximum Gasteiger partial charge on any atom is 0.256 e. The number of aromatic nitrogens is 1. The average molecular weight is 421 g/mol. The zero-order chi connectivity index (χ0) is 21.8. The van der Waals surface area contributed by atoms with Crippen molar-refractivity contribution in [2.45, 2.75) is 32.6 Å². The van der Waals surface area contributed by atoms with Crippen molar-refractivity contribution in [1.29, 1.82) is 0 Å². The number of carbonyl (C=O) groups is 3. The molecule has 2 aliphatic rings. The number of nitrogens with zero attached hydrogens (tertiary/aromatic N) is 3. The lowest BCUT2D eigenvalue weighted by molar-refractivity contribution is -0.136. The van der Waals surface area contributed by atoms with Crippen molar-refractivity contribution < 1.29 is 14.4 Å².